The number of nitro groups is 2. The summed E-state index contributed by atoms with van der Waals surface area (Å²) in [6, 6.07) is 15.4. The number of carbonyl (C=O) groups is 2. The molecule has 6 rings (SSSR count). The van der Waals surface area contributed by atoms with Crippen LogP contribution in [-0.2, 0) is 0 Å². The highest BCUT2D eigenvalue weighted by Crippen LogP contribution is 2.39. The molecule has 0 unspecified atom stereocenters. The summed E-state index contributed by atoms with van der Waals surface area (Å²) in [4.78, 5) is 55.7. The van der Waals surface area contributed by atoms with Crippen LogP contribution in [0.15, 0.2) is 73.1 Å². The number of amides is 2. The zero-order chi connectivity index (χ0) is 25.8. The van der Waals surface area contributed by atoms with E-state index in [1.165, 1.54) is 24.3 Å². The number of aromatic amines is 2. The summed E-state index contributed by atoms with van der Waals surface area (Å²) in [7, 11) is 0. The fraction of sp³-hybridized carbons (Fsp3) is 0.0769. The number of imide groups is 1. The van der Waals surface area contributed by atoms with Crippen molar-refractivity contribution in [3.8, 4) is 0 Å². The van der Waals surface area contributed by atoms with Gasteiger partial charge in [-0.05, 0) is 35.4 Å². The Bertz CT molecular complexity index is 1660. The van der Waals surface area contributed by atoms with E-state index in [0.29, 0.717) is 44.1 Å². The molecule has 182 valence electrons. The lowest BCUT2D eigenvalue weighted by Crippen LogP contribution is -2.34. The number of non-ortho nitro benzene ring substituents is 2. The number of nitrogens with zero attached hydrogens (tertiary/aromatic N) is 3. The highest BCUT2D eigenvalue weighted by atomic mass is 16.6. The number of benzene rings is 3. The average molecular weight is 495 g/mol. The molecule has 2 aromatic heterocycles. The Morgan fingerprint density at radius 2 is 1.19 bits per heavy atom. The Morgan fingerprint density at radius 1 is 0.730 bits per heavy atom. The van der Waals surface area contributed by atoms with Gasteiger partial charge < -0.3 is 9.97 Å². The lowest BCUT2D eigenvalue weighted by atomic mass is 9.89. The maximum Gasteiger partial charge on any atom is 0.270 e. The van der Waals surface area contributed by atoms with Crippen molar-refractivity contribution in [3.63, 3.8) is 0 Å². The van der Waals surface area contributed by atoms with Gasteiger partial charge >= 0.3 is 0 Å². The van der Waals surface area contributed by atoms with Crippen molar-refractivity contribution < 1.29 is 19.4 Å². The number of hydrogen-bond acceptors (Lipinski definition) is 6. The second kappa shape index (κ2) is 8.12. The molecule has 11 heteroatoms. The van der Waals surface area contributed by atoms with Gasteiger partial charge in [-0.3, -0.25) is 34.7 Å². The number of aromatic nitrogens is 2. The third kappa shape index (κ3) is 3.44. The molecule has 2 amide bonds. The number of hydrogen-bond donors (Lipinski definition) is 2. The van der Waals surface area contributed by atoms with Crippen molar-refractivity contribution >= 4 is 45.0 Å². The lowest BCUT2D eigenvalue weighted by Gasteiger charge is -2.22. The summed E-state index contributed by atoms with van der Waals surface area (Å²) in [5.41, 5.74) is 2.89. The highest BCUT2D eigenvalue weighted by molar-refractivity contribution is 6.21. The minimum absolute atomic E-state index is 0.0718. The largest absolute Gasteiger partial charge is 0.361 e. The van der Waals surface area contributed by atoms with Crippen LogP contribution in [0.3, 0.4) is 0 Å². The van der Waals surface area contributed by atoms with Crippen LogP contribution in [0.2, 0.25) is 0 Å². The van der Waals surface area contributed by atoms with Gasteiger partial charge in [-0.2, -0.15) is 0 Å². The third-order valence-electron chi connectivity index (χ3n) is 6.81. The number of rotatable bonds is 6. The second-order valence-corrected chi connectivity index (χ2v) is 8.78. The second-order valence-electron chi connectivity index (χ2n) is 8.78. The van der Waals surface area contributed by atoms with E-state index in [4.69, 9.17) is 0 Å². The molecule has 0 saturated carbocycles. The summed E-state index contributed by atoms with van der Waals surface area (Å²) >= 11 is 0. The van der Waals surface area contributed by atoms with Gasteiger partial charge in [-0.1, -0.05) is 12.1 Å². The molecule has 5 aromatic rings. The normalized spacial score (nSPS) is 13.2. The maximum atomic E-state index is 13.2. The summed E-state index contributed by atoms with van der Waals surface area (Å²) in [5.74, 6) is -1.53. The molecule has 0 aliphatic carbocycles. The van der Waals surface area contributed by atoms with Crippen molar-refractivity contribution in [2.45, 2.75) is 5.92 Å². The van der Waals surface area contributed by atoms with Gasteiger partial charge in [0.1, 0.15) is 0 Å². The van der Waals surface area contributed by atoms with E-state index in [-0.39, 0.29) is 17.9 Å². The summed E-state index contributed by atoms with van der Waals surface area (Å²) in [6.07, 6.45) is 3.38. The Morgan fingerprint density at radius 3 is 1.62 bits per heavy atom. The minimum atomic E-state index is -0.645. The van der Waals surface area contributed by atoms with Crippen molar-refractivity contribution in [1.29, 1.82) is 0 Å². The first-order chi connectivity index (χ1) is 17.8. The number of carbonyl (C=O) groups excluding carboxylic acids is 2. The Balaban J connectivity index is 1.54. The van der Waals surface area contributed by atoms with Crippen LogP contribution in [0.25, 0.3) is 21.8 Å². The van der Waals surface area contributed by atoms with E-state index in [1.807, 2.05) is 0 Å². The number of nitrogens with one attached hydrogen (secondary N) is 2. The maximum absolute atomic E-state index is 13.2. The number of fused-ring (bicyclic) bond motifs is 3. The molecule has 3 heterocycles. The molecule has 1 aliphatic rings. The number of H-pyrrole nitrogens is 2. The summed E-state index contributed by atoms with van der Waals surface area (Å²) in [6.45, 7) is -0.0718. The van der Waals surface area contributed by atoms with E-state index in [2.05, 4.69) is 9.97 Å². The topological polar surface area (TPSA) is 155 Å². The van der Waals surface area contributed by atoms with Crippen LogP contribution in [0.1, 0.15) is 37.8 Å². The quantitative estimate of drug-likeness (QED) is 0.194. The molecule has 0 bridgehead atoms. The van der Waals surface area contributed by atoms with Crippen LogP contribution >= 0.6 is 0 Å². The van der Waals surface area contributed by atoms with E-state index >= 15 is 0 Å². The van der Waals surface area contributed by atoms with Gasteiger partial charge in [0, 0.05) is 70.9 Å². The molecular formula is C26H17N5O6. The van der Waals surface area contributed by atoms with E-state index < -0.39 is 27.6 Å². The Hall–Kier alpha value is -5.32. The standard InChI is InChI=1S/C26H17N5O6/c32-25-16-3-1-2-4-17(16)26(33)29(25)13-22(20-11-27-23-7-5-14(30(34)35)9-18(20)23)21-12-28-24-8-6-15(31(36)37)10-19(21)24/h1-12,22,27-28H,13H2. The summed E-state index contributed by atoms with van der Waals surface area (Å²) in [5, 5.41) is 24.0. The molecule has 3 aromatic carbocycles. The first kappa shape index (κ1) is 22.2. The Kier molecular flexibility index (Phi) is 4.87. The van der Waals surface area contributed by atoms with Crippen molar-refractivity contribution in [2.75, 3.05) is 6.54 Å². The average Bonchev–Trinajstić information content (AvgIpc) is 3.58. The van der Waals surface area contributed by atoms with Gasteiger partial charge in [0.05, 0.1) is 21.0 Å². The molecule has 0 saturated heterocycles. The molecule has 0 radical (unpaired) electrons. The zero-order valence-electron chi connectivity index (χ0n) is 19.0. The monoisotopic (exact) mass is 495 g/mol. The van der Waals surface area contributed by atoms with E-state index in [9.17, 15) is 29.8 Å². The van der Waals surface area contributed by atoms with Gasteiger partial charge in [0.2, 0.25) is 0 Å². The van der Waals surface area contributed by atoms with Crippen molar-refractivity contribution in [3.05, 3.63) is 116 Å². The Labute approximate surface area is 207 Å². The molecule has 11 nitrogen and oxygen atoms in total. The first-order valence-corrected chi connectivity index (χ1v) is 11.3. The number of nitro benzene ring substituents is 2. The fourth-order valence-corrected chi connectivity index (χ4v) is 5.02. The predicted octanol–water partition coefficient (Wildman–Crippen LogP) is 4.89. The molecule has 37 heavy (non-hydrogen) atoms. The van der Waals surface area contributed by atoms with Gasteiger partial charge in [-0.25, -0.2) is 0 Å². The molecule has 0 fully saturated rings. The van der Waals surface area contributed by atoms with Crippen LogP contribution in [0.5, 0.6) is 0 Å². The van der Waals surface area contributed by atoms with Gasteiger partial charge in [0.15, 0.2) is 0 Å². The molecule has 2 N–H and O–H groups in total. The van der Waals surface area contributed by atoms with Crippen LogP contribution in [-0.4, -0.2) is 43.1 Å². The van der Waals surface area contributed by atoms with Crippen LogP contribution < -0.4 is 0 Å². The van der Waals surface area contributed by atoms with Gasteiger partial charge in [-0.15, -0.1) is 0 Å². The zero-order valence-corrected chi connectivity index (χ0v) is 19.0. The molecule has 1 aliphatic heterocycles. The highest BCUT2D eigenvalue weighted by Gasteiger charge is 2.38. The fourth-order valence-electron chi connectivity index (χ4n) is 5.02. The lowest BCUT2D eigenvalue weighted by molar-refractivity contribution is -0.384. The predicted molar refractivity (Wildman–Crippen MR) is 134 cm³/mol. The van der Waals surface area contributed by atoms with Crippen LogP contribution in [0.4, 0.5) is 11.4 Å². The summed E-state index contributed by atoms with van der Waals surface area (Å²) < 4.78 is 0. The van der Waals surface area contributed by atoms with Crippen LogP contribution in [0, 0.1) is 20.2 Å². The molecule has 0 atom stereocenters. The van der Waals surface area contributed by atoms with Gasteiger partial charge in [0.25, 0.3) is 23.2 Å². The third-order valence-corrected chi connectivity index (χ3v) is 6.81. The smallest absolute Gasteiger partial charge is 0.270 e. The molecule has 0 spiro atoms. The SMILES string of the molecule is O=C1c2ccccc2C(=O)N1CC(c1c[nH]c2ccc([N+](=O)[O-])cc12)c1c[nH]c2ccc([N+](=O)[O-])cc12. The van der Waals surface area contributed by atoms with Crippen molar-refractivity contribution in [1.82, 2.24) is 14.9 Å². The first-order valence-electron chi connectivity index (χ1n) is 11.3. The van der Waals surface area contributed by atoms with E-state index in [0.717, 1.165) is 4.90 Å². The van der Waals surface area contributed by atoms with E-state index in [1.54, 1.807) is 48.8 Å². The van der Waals surface area contributed by atoms with Crippen molar-refractivity contribution in [2.24, 2.45) is 0 Å². The molecular weight excluding hydrogens is 478 g/mol. The minimum Gasteiger partial charge on any atom is -0.361 e.